The minimum absolute atomic E-state index is 0. The van der Waals surface area contributed by atoms with Crippen LogP contribution in [0.15, 0.2) is 60.7 Å². The van der Waals surface area contributed by atoms with E-state index < -0.39 is 0 Å². The molecule has 0 N–H and O–H groups in total. The van der Waals surface area contributed by atoms with Crippen molar-refractivity contribution in [3.8, 4) is 11.5 Å². The molecule has 2 aliphatic heterocycles. The van der Waals surface area contributed by atoms with E-state index in [1.807, 2.05) is 60.7 Å². The Hall–Kier alpha value is -1.79. The third-order valence-electron chi connectivity index (χ3n) is 3.10. The van der Waals surface area contributed by atoms with Crippen LogP contribution in [0.25, 0.3) is 12.2 Å². The second kappa shape index (κ2) is 7.85. The number of hydrogen-bond acceptors (Lipinski definition) is 2. The van der Waals surface area contributed by atoms with Crippen molar-refractivity contribution in [1.29, 1.82) is 0 Å². The van der Waals surface area contributed by atoms with Crippen LogP contribution in [-0.2, 0) is 21.1 Å². The molecule has 0 fully saturated rings. The first-order chi connectivity index (χ1) is 9.93. The molecule has 3 heteroatoms. The summed E-state index contributed by atoms with van der Waals surface area (Å²) >= 11 is 0. The van der Waals surface area contributed by atoms with E-state index in [4.69, 9.17) is 9.47 Å². The molecule has 0 amide bonds. The molecule has 2 heterocycles. The summed E-state index contributed by atoms with van der Waals surface area (Å²) in [5.41, 5.74) is 2.35. The second-order valence-corrected chi connectivity index (χ2v) is 4.50. The molecule has 2 nitrogen and oxygen atoms in total. The molecule has 0 saturated heterocycles. The van der Waals surface area contributed by atoms with Crippen LogP contribution in [0.4, 0.5) is 0 Å². The molecule has 2 aromatic rings. The van der Waals surface area contributed by atoms with Gasteiger partial charge in [-0.3, -0.25) is 0 Å². The smallest absolute Gasteiger partial charge is 0.126 e. The zero-order valence-electron chi connectivity index (χ0n) is 11.5. The Morgan fingerprint density at radius 1 is 0.619 bits per heavy atom. The molecule has 0 aliphatic carbocycles. The molecule has 0 radical (unpaired) electrons. The van der Waals surface area contributed by atoms with Crippen molar-refractivity contribution in [3.05, 3.63) is 71.8 Å². The van der Waals surface area contributed by atoms with Crippen LogP contribution in [0.1, 0.15) is 11.1 Å². The van der Waals surface area contributed by atoms with Crippen LogP contribution in [0.2, 0.25) is 0 Å². The molecule has 2 aromatic carbocycles. The van der Waals surface area contributed by atoms with Crippen molar-refractivity contribution >= 4 is 12.2 Å². The van der Waals surface area contributed by atoms with Crippen molar-refractivity contribution in [2.45, 2.75) is 0 Å². The van der Waals surface area contributed by atoms with Gasteiger partial charge in [0, 0.05) is 32.2 Å². The van der Waals surface area contributed by atoms with Gasteiger partial charge in [0.2, 0.25) is 0 Å². The first-order valence-corrected chi connectivity index (χ1v) is 6.70. The van der Waals surface area contributed by atoms with Crippen molar-refractivity contribution in [2.75, 3.05) is 13.2 Å². The number of benzene rings is 2. The maximum absolute atomic E-state index is 5.34. The molecule has 0 atom stereocenters. The SMILES string of the molecule is C1=Cc2ccccc2OC1.C1=Cc2ccccc2OC1.[Pt]. The van der Waals surface area contributed by atoms with Crippen LogP contribution in [0, 0.1) is 0 Å². The van der Waals surface area contributed by atoms with Gasteiger partial charge in [0.05, 0.1) is 0 Å². The number of hydrogen-bond donors (Lipinski definition) is 0. The normalized spacial score (nSPS) is 13.3. The minimum Gasteiger partial charge on any atom is -0.489 e. The Kier molecular flexibility index (Phi) is 5.83. The molecule has 0 unspecified atom stereocenters. The average molecular weight is 459 g/mol. The Balaban J connectivity index is 0.000000147. The van der Waals surface area contributed by atoms with Gasteiger partial charge in [-0.1, -0.05) is 48.6 Å². The number of rotatable bonds is 0. The van der Waals surface area contributed by atoms with Gasteiger partial charge in [-0.25, -0.2) is 0 Å². The summed E-state index contributed by atoms with van der Waals surface area (Å²) in [6.07, 6.45) is 8.20. The van der Waals surface area contributed by atoms with Gasteiger partial charge in [0.15, 0.2) is 0 Å². The zero-order valence-corrected chi connectivity index (χ0v) is 13.7. The van der Waals surface area contributed by atoms with E-state index in [2.05, 4.69) is 12.2 Å². The summed E-state index contributed by atoms with van der Waals surface area (Å²) in [5, 5.41) is 0. The predicted octanol–water partition coefficient (Wildman–Crippen LogP) is 4.18. The van der Waals surface area contributed by atoms with Gasteiger partial charge < -0.3 is 9.47 Å². The Labute approximate surface area is 139 Å². The van der Waals surface area contributed by atoms with Crippen LogP contribution in [0.5, 0.6) is 11.5 Å². The van der Waals surface area contributed by atoms with Gasteiger partial charge in [-0.15, -0.1) is 0 Å². The van der Waals surface area contributed by atoms with Crippen LogP contribution < -0.4 is 9.47 Å². The van der Waals surface area contributed by atoms with Crippen LogP contribution >= 0.6 is 0 Å². The third kappa shape index (κ3) is 4.09. The first-order valence-electron chi connectivity index (χ1n) is 6.70. The van der Waals surface area contributed by atoms with E-state index in [9.17, 15) is 0 Å². The average Bonchev–Trinajstić information content (AvgIpc) is 2.56. The minimum atomic E-state index is 0. The molecule has 0 aromatic heterocycles. The quantitative estimate of drug-likeness (QED) is 0.589. The van der Waals surface area contributed by atoms with E-state index in [-0.39, 0.29) is 21.1 Å². The van der Waals surface area contributed by atoms with E-state index in [1.54, 1.807) is 0 Å². The summed E-state index contributed by atoms with van der Waals surface area (Å²) in [6.45, 7) is 1.41. The van der Waals surface area contributed by atoms with E-state index >= 15 is 0 Å². The third-order valence-corrected chi connectivity index (χ3v) is 3.10. The van der Waals surface area contributed by atoms with Crippen LogP contribution in [-0.4, -0.2) is 13.2 Å². The molecular weight excluding hydrogens is 443 g/mol. The second-order valence-electron chi connectivity index (χ2n) is 4.50. The fraction of sp³-hybridized carbons (Fsp3) is 0.111. The van der Waals surface area contributed by atoms with Crippen LogP contribution in [0.3, 0.4) is 0 Å². The Bertz CT molecular complexity index is 590. The van der Waals surface area contributed by atoms with Gasteiger partial charge >= 0.3 is 0 Å². The monoisotopic (exact) mass is 459 g/mol. The standard InChI is InChI=1S/2C9H8O.Pt/c2*1-2-6-9-8(4-1)5-3-7-10-9;/h2*1-6H,7H2;. The predicted molar refractivity (Wildman–Crippen MR) is 81.9 cm³/mol. The molecule has 2 aliphatic rings. The summed E-state index contributed by atoms with van der Waals surface area (Å²) < 4.78 is 10.7. The van der Waals surface area contributed by atoms with Crippen molar-refractivity contribution in [2.24, 2.45) is 0 Å². The van der Waals surface area contributed by atoms with E-state index in [1.165, 1.54) is 11.1 Å². The molecule has 0 bridgehead atoms. The maximum atomic E-state index is 5.34. The number of ether oxygens (including phenoxy) is 2. The molecule has 21 heavy (non-hydrogen) atoms. The molecule has 0 spiro atoms. The van der Waals surface area contributed by atoms with Crippen molar-refractivity contribution in [1.82, 2.24) is 0 Å². The summed E-state index contributed by atoms with van der Waals surface area (Å²) in [6, 6.07) is 16.1. The largest absolute Gasteiger partial charge is 0.489 e. The topological polar surface area (TPSA) is 18.5 Å². The molecular formula is C18H16O2Pt. The fourth-order valence-corrected chi connectivity index (χ4v) is 2.13. The Morgan fingerprint density at radius 2 is 1.05 bits per heavy atom. The summed E-state index contributed by atoms with van der Waals surface area (Å²) in [5.74, 6) is 1.98. The first kappa shape index (κ1) is 15.6. The van der Waals surface area contributed by atoms with Crippen molar-refractivity contribution < 1.29 is 30.5 Å². The fourth-order valence-electron chi connectivity index (χ4n) is 2.13. The van der Waals surface area contributed by atoms with Crippen molar-refractivity contribution in [3.63, 3.8) is 0 Å². The van der Waals surface area contributed by atoms with E-state index in [0.717, 1.165) is 11.5 Å². The van der Waals surface area contributed by atoms with Gasteiger partial charge in [-0.2, -0.15) is 0 Å². The zero-order chi connectivity index (χ0) is 13.6. The molecule has 110 valence electrons. The molecule has 0 saturated carbocycles. The molecule has 4 rings (SSSR count). The van der Waals surface area contributed by atoms with Gasteiger partial charge in [-0.05, 0) is 24.3 Å². The Morgan fingerprint density at radius 3 is 1.48 bits per heavy atom. The summed E-state index contributed by atoms with van der Waals surface area (Å²) in [4.78, 5) is 0. The maximum Gasteiger partial charge on any atom is 0.126 e. The number of fused-ring (bicyclic) bond motifs is 2. The van der Waals surface area contributed by atoms with Gasteiger partial charge in [0.25, 0.3) is 0 Å². The van der Waals surface area contributed by atoms with E-state index in [0.29, 0.717) is 13.2 Å². The summed E-state index contributed by atoms with van der Waals surface area (Å²) in [7, 11) is 0. The van der Waals surface area contributed by atoms with Gasteiger partial charge in [0.1, 0.15) is 24.7 Å². The number of para-hydroxylation sites is 2.